The molecule has 0 spiro atoms. The van der Waals surface area contributed by atoms with Gasteiger partial charge in [-0.1, -0.05) is 11.3 Å². The molecule has 0 aliphatic rings. The number of halogens is 1. The number of rotatable bonds is 4. The quantitative estimate of drug-likeness (QED) is 0.475. The fraction of sp³-hybridized carbons (Fsp3) is 0.0476. The normalized spacial score (nSPS) is 11.3. The van der Waals surface area contributed by atoms with E-state index < -0.39 is 0 Å². The van der Waals surface area contributed by atoms with Crippen molar-refractivity contribution in [1.82, 2.24) is 14.7 Å². The summed E-state index contributed by atoms with van der Waals surface area (Å²) >= 11 is 1.51. The van der Waals surface area contributed by atoms with E-state index in [-0.39, 0.29) is 11.7 Å². The third-order valence-electron chi connectivity index (χ3n) is 4.50. The van der Waals surface area contributed by atoms with E-state index in [9.17, 15) is 9.18 Å². The van der Waals surface area contributed by atoms with Crippen molar-refractivity contribution in [3.63, 3.8) is 0 Å². The van der Waals surface area contributed by atoms with Gasteiger partial charge in [0.05, 0.1) is 28.7 Å². The summed E-state index contributed by atoms with van der Waals surface area (Å²) in [4.78, 5) is 17.9. The molecule has 0 aliphatic heterocycles. The van der Waals surface area contributed by atoms with Gasteiger partial charge in [0.25, 0.3) is 5.91 Å². The second-order valence-corrected chi connectivity index (χ2v) is 7.34. The molecule has 0 saturated carbocycles. The first kappa shape index (κ1) is 16.7. The van der Waals surface area contributed by atoms with E-state index in [1.165, 1.54) is 23.5 Å². The van der Waals surface area contributed by atoms with Gasteiger partial charge < -0.3 is 9.73 Å². The van der Waals surface area contributed by atoms with E-state index >= 15 is 0 Å². The zero-order valence-electron chi connectivity index (χ0n) is 14.6. The van der Waals surface area contributed by atoms with Crippen LogP contribution in [0, 0.1) is 5.82 Å². The van der Waals surface area contributed by atoms with E-state index in [1.807, 2.05) is 28.8 Å². The summed E-state index contributed by atoms with van der Waals surface area (Å²) in [6.07, 6.45) is 3.51. The van der Waals surface area contributed by atoms with Gasteiger partial charge in [-0.05, 0) is 54.6 Å². The lowest BCUT2D eigenvalue weighted by molar-refractivity contribution is 0.0948. The number of carbonyl (C=O) groups excluding carboxylic acids is 1. The van der Waals surface area contributed by atoms with E-state index in [1.54, 1.807) is 30.5 Å². The average Bonchev–Trinajstić information content (AvgIpc) is 3.42. The molecule has 0 bridgehead atoms. The van der Waals surface area contributed by atoms with Crippen LogP contribution < -0.4 is 5.32 Å². The van der Waals surface area contributed by atoms with Crippen LogP contribution in [0.4, 0.5) is 4.39 Å². The van der Waals surface area contributed by atoms with E-state index in [2.05, 4.69) is 10.3 Å². The summed E-state index contributed by atoms with van der Waals surface area (Å²) in [7, 11) is 0. The van der Waals surface area contributed by atoms with Crippen molar-refractivity contribution in [3.8, 4) is 11.3 Å². The lowest BCUT2D eigenvalue weighted by Crippen LogP contribution is -2.22. The van der Waals surface area contributed by atoms with Gasteiger partial charge in [0, 0.05) is 17.3 Å². The Kier molecular flexibility index (Phi) is 3.95. The summed E-state index contributed by atoms with van der Waals surface area (Å²) in [5, 5.41) is 2.85. The first-order valence-corrected chi connectivity index (χ1v) is 9.47. The minimum atomic E-state index is -0.270. The number of nitrogens with zero attached hydrogens (tertiary/aromatic N) is 2. The molecule has 138 valence electrons. The monoisotopic (exact) mass is 391 g/mol. The number of nitrogens with one attached hydrogen (secondary N) is 1. The van der Waals surface area contributed by atoms with Gasteiger partial charge in [0.2, 0.25) is 0 Å². The molecule has 0 aliphatic carbocycles. The molecule has 3 aromatic heterocycles. The molecule has 2 aromatic carbocycles. The van der Waals surface area contributed by atoms with Gasteiger partial charge >= 0.3 is 0 Å². The zero-order valence-corrected chi connectivity index (χ0v) is 15.4. The van der Waals surface area contributed by atoms with Crippen molar-refractivity contribution in [2.24, 2.45) is 0 Å². The zero-order chi connectivity index (χ0) is 19.1. The molecule has 0 saturated heterocycles. The number of carbonyl (C=O) groups is 1. The highest BCUT2D eigenvalue weighted by Gasteiger charge is 2.13. The predicted octanol–water partition coefficient (Wildman–Crippen LogP) is 4.88. The van der Waals surface area contributed by atoms with Crippen LogP contribution in [0.5, 0.6) is 0 Å². The number of hydrogen-bond donors (Lipinski definition) is 1. The lowest BCUT2D eigenvalue weighted by atomic mass is 10.2. The SMILES string of the molecule is O=C(NCc1ccco1)c1ccc2c(c1)sc1nc(-c3ccc(F)cc3)cn12. The van der Waals surface area contributed by atoms with Crippen molar-refractivity contribution in [1.29, 1.82) is 0 Å². The van der Waals surface area contributed by atoms with Gasteiger partial charge in [0.1, 0.15) is 11.6 Å². The number of thiazole rings is 1. The molecule has 1 amide bonds. The summed E-state index contributed by atoms with van der Waals surface area (Å²) in [5.74, 6) is 0.279. The number of hydrogen-bond acceptors (Lipinski definition) is 4. The molecule has 0 radical (unpaired) electrons. The third-order valence-corrected chi connectivity index (χ3v) is 5.52. The Morgan fingerprint density at radius 1 is 1.18 bits per heavy atom. The Hall–Kier alpha value is -3.45. The Morgan fingerprint density at radius 3 is 2.82 bits per heavy atom. The highest BCUT2D eigenvalue weighted by Crippen LogP contribution is 2.30. The number of amides is 1. The van der Waals surface area contributed by atoms with Gasteiger partial charge in [-0.2, -0.15) is 0 Å². The summed E-state index contributed by atoms with van der Waals surface area (Å²) in [6.45, 7) is 0.346. The molecule has 5 nitrogen and oxygen atoms in total. The predicted molar refractivity (Wildman–Crippen MR) is 106 cm³/mol. The molecular weight excluding hydrogens is 377 g/mol. The standard InChI is InChI=1S/C21H14FN3O2S/c22-15-6-3-13(4-7-15)17-12-25-18-8-5-14(10-19(18)28-21(25)24-17)20(26)23-11-16-2-1-9-27-16/h1-10,12H,11H2,(H,23,26). The summed E-state index contributed by atoms with van der Waals surface area (Å²) in [5.41, 5.74) is 3.21. The van der Waals surface area contributed by atoms with Crippen molar-refractivity contribution in [2.45, 2.75) is 6.54 Å². The average molecular weight is 391 g/mol. The first-order valence-electron chi connectivity index (χ1n) is 8.65. The number of furan rings is 1. The number of imidazole rings is 1. The maximum atomic E-state index is 13.1. The largest absolute Gasteiger partial charge is 0.467 e. The lowest BCUT2D eigenvalue weighted by Gasteiger charge is -2.03. The van der Waals surface area contributed by atoms with Crippen LogP contribution in [0.15, 0.2) is 71.5 Å². The van der Waals surface area contributed by atoms with Gasteiger partial charge in [-0.25, -0.2) is 9.37 Å². The van der Waals surface area contributed by atoms with Crippen molar-refractivity contribution in [2.75, 3.05) is 0 Å². The Morgan fingerprint density at radius 2 is 2.04 bits per heavy atom. The molecular formula is C21H14FN3O2S. The summed E-state index contributed by atoms with van der Waals surface area (Å²) < 4.78 is 21.3. The highest BCUT2D eigenvalue weighted by molar-refractivity contribution is 7.23. The first-order chi connectivity index (χ1) is 13.7. The number of aromatic nitrogens is 2. The van der Waals surface area contributed by atoms with Gasteiger partial charge in [0.15, 0.2) is 4.96 Å². The highest BCUT2D eigenvalue weighted by atomic mass is 32.1. The van der Waals surface area contributed by atoms with Crippen molar-refractivity contribution >= 4 is 32.4 Å². The molecule has 0 fully saturated rings. The van der Waals surface area contributed by atoms with Crippen LogP contribution in [-0.2, 0) is 6.54 Å². The fourth-order valence-electron chi connectivity index (χ4n) is 3.08. The van der Waals surface area contributed by atoms with Crippen molar-refractivity contribution < 1.29 is 13.6 Å². The van der Waals surface area contributed by atoms with Crippen LogP contribution in [0.1, 0.15) is 16.1 Å². The molecule has 0 unspecified atom stereocenters. The van der Waals surface area contributed by atoms with E-state index in [0.717, 1.165) is 26.4 Å². The number of fused-ring (bicyclic) bond motifs is 3. The van der Waals surface area contributed by atoms with Crippen LogP contribution in [-0.4, -0.2) is 15.3 Å². The van der Waals surface area contributed by atoms with Crippen LogP contribution in [0.25, 0.3) is 26.4 Å². The molecule has 28 heavy (non-hydrogen) atoms. The second-order valence-electron chi connectivity index (χ2n) is 6.33. The molecule has 3 heterocycles. The maximum Gasteiger partial charge on any atom is 0.251 e. The van der Waals surface area contributed by atoms with Gasteiger partial charge in [-0.15, -0.1) is 0 Å². The molecule has 5 aromatic rings. The molecule has 1 N–H and O–H groups in total. The van der Waals surface area contributed by atoms with Crippen LogP contribution >= 0.6 is 11.3 Å². The minimum absolute atomic E-state index is 0.156. The number of benzene rings is 2. The Labute approximate surface area is 163 Å². The molecule has 0 atom stereocenters. The fourth-order valence-corrected chi connectivity index (χ4v) is 4.13. The van der Waals surface area contributed by atoms with E-state index in [4.69, 9.17) is 4.42 Å². The van der Waals surface area contributed by atoms with Crippen molar-refractivity contribution in [3.05, 3.63) is 84.2 Å². The third kappa shape index (κ3) is 2.95. The maximum absolute atomic E-state index is 13.1. The van der Waals surface area contributed by atoms with E-state index in [0.29, 0.717) is 17.9 Å². The molecule has 5 rings (SSSR count). The molecule has 7 heteroatoms. The second kappa shape index (κ2) is 6.61. The van der Waals surface area contributed by atoms with Crippen LogP contribution in [0.2, 0.25) is 0 Å². The smallest absolute Gasteiger partial charge is 0.251 e. The Balaban J connectivity index is 1.44. The van der Waals surface area contributed by atoms with Crippen LogP contribution in [0.3, 0.4) is 0 Å². The topological polar surface area (TPSA) is 59.5 Å². The Bertz CT molecular complexity index is 1290. The van der Waals surface area contributed by atoms with Gasteiger partial charge in [-0.3, -0.25) is 9.20 Å². The summed E-state index contributed by atoms with van der Waals surface area (Å²) in [6, 6.07) is 15.5. The minimum Gasteiger partial charge on any atom is -0.467 e.